The minimum atomic E-state index is -0.938. The maximum Gasteiger partial charge on any atom is 0.320 e. The van der Waals surface area contributed by atoms with Gasteiger partial charge >= 0.3 is 5.97 Å². The topological polar surface area (TPSA) is 61.8 Å². The monoisotopic (exact) mass is 296 g/mol. The first-order valence-electron chi connectivity index (χ1n) is 7.94. The Morgan fingerprint density at radius 1 is 1.38 bits per heavy atom. The van der Waals surface area contributed by atoms with Crippen LogP contribution in [0.4, 0.5) is 0 Å². The van der Waals surface area contributed by atoms with Crippen molar-refractivity contribution in [2.75, 3.05) is 20.5 Å². The van der Waals surface area contributed by atoms with Crippen LogP contribution in [0.3, 0.4) is 0 Å². The van der Waals surface area contributed by atoms with Gasteiger partial charge in [-0.05, 0) is 38.5 Å². The standard InChI is InChI=1S/C16H24O5/c1-3-20-14(18)16-9-11-5-4-6-13(21-10-19-2)15(11,16)8-7-12(16)17/h11,13H,3-10H2,1-2H3/t11-,13+,15+,16+/m0/s1. The third-order valence-electron chi connectivity index (χ3n) is 5.92. The van der Waals surface area contributed by atoms with Gasteiger partial charge < -0.3 is 14.2 Å². The minimum absolute atomic E-state index is 0.0603. The number of hydrogen-bond acceptors (Lipinski definition) is 5. The zero-order chi connectivity index (χ0) is 15.1. The number of carbonyl (C=O) groups is 2. The number of esters is 1. The molecule has 5 nitrogen and oxygen atoms in total. The van der Waals surface area contributed by atoms with Crippen LogP contribution < -0.4 is 0 Å². The molecule has 3 fully saturated rings. The van der Waals surface area contributed by atoms with Crippen molar-refractivity contribution in [1.82, 2.24) is 0 Å². The van der Waals surface area contributed by atoms with E-state index in [2.05, 4.69) is 0 Å². The largest absolute Gasteiger partial charge is 0.465 e. The molecule has 0 N–H and O–H groups in total. The van der Waals surface area contributed by atoms with Crippen molar-refractivity contribution in [3.8, 4) is 0 Å². The number of ketones is 1. The minimum Gasteiger partial charge on any atom is -0.465 e. The molecular formula is C16H24O5. The Morgan fingerprint density at radius 2 is 2.19 bits per heavy atom. The van der Waals surface area contributed by atoms with Gasteiger partial charge in [-0.15, -0.1) is 0 Å². The van der Waals surface area contributed by atoms with E-state index in [0.29, 0.717) is 25.4 Å². The molecule has 0 saturated heterocycles. The normalized spacial score (nSPS) is 41.1. The Labute approximate surface area is 125 Å². The summed E-state index contributed by atoms with van der Waals surface area (Å²) in [7, 11) is 1.59. The Bertz CT molecular complexity index is 448. The van der Waals surface area contributed by atoms with Crippen molar-refractivity contribution in [3.05, 3.63) is 0 Å². The summed E-state index contributed by atoms with van der Waals surface area (Å²) >= 11 is 0. The number of rotatable bonds is 5. The highest BCUT2D eigenvalue weighted by molar-refractivity contribution is 6.08. The highest BCUT2D eigenvalue weighted by atomic mass is 16.7. The van der Waals surface area contributed by atoms with Gasteiger partial charge in [0, 0.05) is 18.9 Å². The summed E-state index contributed by atoms with van der Waals surface area (Å²) in [5.74, 6) is 0.144. The lowest BCUT2D eigenvalue weighted by atomic mass is 9.40. The van der Waals surface area contributed by atoms with Gasteiger partial charge in [-0.2, -0.15) is 0 Å². The third kappa shape index (κ3) is 1.77. The number of hydrogen-bond donors (Lipinski definition) is 0. The second-order valence-corrected chi connectivity index (χ2v) is 6.48. The van der Waals surface area contributed by atoms with Crippen molar-refractivity contribution >= 4 is 11.8 Å². The van der Waals surface area contributed by atoms with Crippen LogP contribution in [0.1, 0.15) is 45.4 Å². The van der Waals surface area contributed by atoms with Crippen LogP contribution >= 0.6 is 0 Å². The van der Waals surface area contributed by atoms with Gasteiger partial charge in [0.25, 0.3) is 0 Å². The lowest BCUT2D eigenvalue weighted by Crippen LogP contribution is -2.68. The van der Waals surface area contributed by atoms with E-state index in [1.165, 1.54) is 0 Å². The highest BCUT2D eigenvalue weighted by Gasteiger charge is 2.78. The lowest BCUT2D eigenvalue weighted by Gasteiger charge is -2.63. The van der Waals surface area contributed by atoms with Gasteiger partial charge in [0.15, 0.2) is 5.78 Å². The molecule has 0 heterocycles. The maximum atomic E-state index is 12.6. The highest BCUT2D eigenvalue weighted by Crippen LogP contribution is 2.73. The van der Waals surface area contributed by atoms with Crippen LogP contribution in [-0.4, -0.2) is 38.4 Å². The predicted octanol–water partition coefficient (Wildman–Crippen LogP) is 2.08. The van der Waals surface area contributed by atoms with Gasteiger partial charge in [0.2, 0.25) is 0 Å². The Morgan fingerprint density at radius 3 is 2.90 bits per heavy atom. The van der Waals surface area contributed by atoms with Crippen molar-refractivity contribution in [2.24, 2.45) is 16.7 Å². The van der Waals surface area contributed by atoms with Crippen LogP contribution in [0, 0.1) is 16.7 Å². The molecule has 5 heteroatoms. The zero-order valence-corrected chi connectivity index (χ0v) is 12.9. The first-order valence-corrected chi connectivity index (χ1v) is 7.94. The van der Waals surface area contributed by atoms with Crippen LogP contribution in [0.5, 0.6) is 0 Å². The van der Waals surface area contributed by atoms with Gasteiger partial charge in [0.05, 0.1) is 12.7 Å². The molecule has 0 aromatic carbocycles. The summed E-state index contributed by atoms with van der Waals surface area (Å²) in [5.41, 5.74) is -1.28. The van der Waals surface area contributed by atoms with Crippen LogP contribution in [0.15, 0.2) is 0 Å². The average molecular weight is 296 g/mol. The molecule has 21 heavy (non-hydrogen) atoms. The molecule has 3 saturated carbocycles. The third-order valence-corrected chi connectivity index (χ3v) is 5.92. The van der Waals surface area contributed by atoms with Gasteiger partial charge in [-0.25, -0.2) is 0 Å². The molecule has 0 unspecified atom stereocenters. The van der Waals surface area contributed by atoms with E-state index < -0.39 is 5.41 Å². The summed E-state index contributed by atoms with van der Waals surface area (Å²) in [6, 6.07) is 0. The fraction of sp³-hybridized carbons (Fsp3) is 0.875. The summed E-state index contributed by atoms with van der Waals surface area (Å²) in [6.07, 6.45) is 4.88. The van der Waals surface area contributed by atoms with Crippen molar-refractivity contribution in [3.63, 3.8) is 0 Å². The smallest absolute Gasteiger partial charge is 0.320 e. The second kappa shape index (κ2) is 5.36. The summed E-state index contributed by atoms with van der Waals surface area (Å²) in [4.78, 5) is 25.1. The van der Waals surface area contributed by atoms with Crippen LogP contribution in [0.25, 0.3) is 0 Å². The number of Topliss-reactive ketones (excluding diaryl/α,β-unsaturated/α-hetero) is 1. The number of ether oxygens (including phenoxy) is 3. The van der Waals surface area contributed by atoms with E-state index in [4.69, 9.17) is 14.2 Å². The van der Waals surface area contributed by atoms with E-state index in [-0.39, 0.29) is 30.1 Å². The molecule has 0 aliphatic heterocycles. The van der Waals surface area contributed by atoms with Crippen molar-refractivity contribution in [1.29, 1.82) is 0 Å². The Kier molecular flexibility index (Phi) is 3.82. The zero-order valence-electron chi connectivity index (χ0n) is 12.9. The first-order chi connectivity index (χ1) is 10.1. The second-order valence-electron chi connectivity index (χ2n) is 6.48. The predicted molar refractivity (Wildman–Crippen MR) is 74.4 cm³/mol. The van der Waals surface area contributed by atoms with E-state index >= 15 is 0 Å². The quantitative estimate of drug-likeness (QED) is 0.441. The SMILES string of the molecule is CCOC(=O)[C@]12C[C@@H]3CCC[C@@H](OCOC)[C@@]31CCC2=O. The molecular weight excluding hydrogens is 272 g/mol. The lowest BCUT2D eigenvalue weighted by molar-refractivity contribution is -0.245. The fourth-order valence-electron chi connectivity index (χ4n) is 5.17. The van der Waals surface area contributed by atoms with Crippen LogP contribution in [-0.2, 0) is 23.8 Å². The van der Waals surface area contributed by atoms with E-state index in [0.717, 1.165) is 25.7 Å². The summed E-state index contributed by atoms with van der Waals surface area (Å²) < 4.78 is 16.2. The number of carbonyl (C=O) groups excluding carboxylic acids is 2. The maximum absolute atomic E-state index is 12.6. The molecule has 118 valence electrons. The van der Waals surface area contributed by atoms with Gasteiger partial charge in [0.1, 0.15) is 12.2 Å². The van der Waals surface area contributed by atoms with Gasteiger partial charge in [-0.3, -0.25) is 9.59 Å². The van der Waals surface area contributed by atoms with Crippen molar-refractivity contribution in [2.45, 2.75) is 51.6 Å². The summed E-state index contributed by atoms with van der Waals surface area (Å²) in [6.45, 7) is 2.32. The molecule has 1 spiro atoms. The molecule has 3 aliphatic carbocycles. The molecule has 0 amide bonds. The molecule has 0 aromatic heterocycles. The molecule has 0 radical (unpaired) electrons. The Balaban J connectivity index is 1.94. The van der Waals surface area contributed by atoms with E-state index in [1.807, 2.05) is 0 Å². The number of methoxy groups -OCH3 is 1. The molecule has 3 aliphatic rings. The molecule has 0 aromatic rings. The average Bonchev–Trinajstić information content (AvgIpc) is 2.65. The van der Waals surface area contributed by atoms with E-state index in [9.17, 15) is 9.59 Å². The molecule has 3 rings (SSSR count). The first kappa shape index (κ1) is 15.0. The molecule has 4 atom stereocenters. The van der Waals surface area contributed by atoms with E-state index in [1.54, 1.807) is 14.0 Å². The summed E-state index contributed by atoms with van der Waals surface area (Å²) in [5, 5.41) is 0. The Hall–Kier alpha value is -0.940. The van der Waals surface area contributed by atoms with Gasteiger partial charge in [-0.1, -0.05) is 6.42 Å². The fourth-order valence-corrected chi connectivity index (χ4v) is 5.17. The molecule has 0 bridgehead atoms. The van der Waals surface area contributed by atoms with Crippen molar-refractivity contribution < 1.29 is 23.8 Å². The van der Waals surface area contributed by atoms with Crippen LogP contribution in [0.2, 0.25) is 0 Å².